The van der Waals surface area contributed by atoms with E-state index in [0.29, 0.717) is 18.7 Å². The van der Waals surface area contributed by atoms with Crippen molar-refractivity contribution in [3.8, 4) is 0 Å². The highest BCUT2D eigenvalue weighted by atomic mass is 79.9. The van der Waals surface area contributed by atoms with Crippen LogP contribution in [0.4, 0.5) is 11.4 Å². The lowest BCUT2D eigenvalue weighted by molar-refractivity contribution is -0.125. The zero-order valence-corrected chi connectivity index (χ0v) is 19.5. The molecular weight excluding hydrogens is 476 g/mol. The molecule has 4 aromatic rings. The summed E-state index contributed by atoms with van der Waals surface area (Å²) in [5.41, 5.74) is 2.88. The SMILES string of the molecule is O=C1N(Cc2ccccc2)c2ccccc2[C@]1(Cc1ccc(Br)cc1)N(O)c1ccccc1. The summed E-state index contributed by atoms with van der Waals surface area (Å²) in [5.74, 6) is -0.151. The lowest BCUT2D eigenvalue weighted by atomic mass is 9.84. The molecule has 1 aliphatic heterocycles. The predicted octanol–water partition coefficient (Wildman–Crippen LogP) is 6.33. The number of para-hydroxylation sites is 2. The van der Waals surface area contributed by atoms with E-state index in [1.165, 1.54) is 0 Å². The maximum absolute atomic E-state index is 14.3. The van der Waals surface area contributed by atoms with Crippen LogP contribution in [0.3, 0.4) is 0 Å². The first-order valence-electron chi connectivity index (χ1n) is 10.8. The Kier molecular flexibility index (Phi) is 5.75. The molecule has 0 aliphatic carbocycles. The predicted molar refractivity (Wildman–Crippen MR) is 134 cm³/mol. The second-order valence-electron chi connectivity index (χ2n) is 8.20. The van der Waals surface area contributed by atoms with Gasteiger partial charge in [0, 0.05) is 16.5 Å². The standard InChI is InChI=1S/C28H23BrN2O2/c29-23-17-15-21(16-18-23)19-28(31(33)24-11-5-2-6-12-24)25-13-7-8-14-26(25)30(27(28)32)20-22-9-3-1-4-10-22/h1-18,33H,19-20H2/t28-/m0/s1. The van der Waals surface area contributed by atoms with Gasteiger partial charge in [0.05, 0.1) is 17.9 Å². The number of rotatable bonds is 6. The molecule has 0 radical (unpaired) electrons. The molecule has 0 saturated heterocycles. The third-order valence-electron chi connectivity index (χ3n) is 6.16. The van der Waals surface area contributed by atoms with Crippen molar-refractivity contribution in [3.63, 3.8) is 0 Å². The number of halogens is 1. The minimum absolute atomic E-state index is 0.151. The Morgan fingerprint density at radius 3 is 2.06 bits per heavy atom. The quantitative estimate of drug-likeness (QED) is 0.316. The van der Waals surface area contributed by atoms with Crippen LogP contribution in [-0.2, 0) is 23.3 Å². The highest BCUT2D eigenvalue weighted by Gasteiger charge is 2.55. The van der Waals surface area contributed by atoms with Crippen LogP contribution in [0.1, 0.15) is 16.7 Å². The fourth-order valence-electron chi connectivity index (χ4n) is 4.57. The summed E-state index contributed by atoms with van der Waals surface area (Å²) in [4.78, 5) is 16.1. The molecule has 4 nitrogen and oxygen atoms in total. The average molecular weight is 499 g/mol. The van der Waals surface area contributed by atoms with Crippen molar-refractivity contribution < 1.29 is 10.0 Å². The molecule has 5 heteroatoms. The summed E-state index contributed by atoms with van der Waals surface area (Å²) >= 11 is 3.49. The number of benzene rings is 4. The van der Waals surface area contributed by atoms with E-state index < -0.39 is 5.54 Å². The molecule has 164 valence electrons. The van der Waals surface area contributed by atoms with Crippen LogP contribution in [-0.4, -0.2) is 11.1 Å². The summed E-state index contributed by atoms with van der Waals surface area (Å²) in [7, 11) is 0. The number of hydrogen-bond acceptors (Lipinski definition) is 3. The molecule has 0 bridgehead atoms. The highest BCUT2D eigenvalue weighted by molar-refractivity contribution is 9.10. The van der Waals surface area contributed by atoms with E-state index in [-0.39, 0.29) is 5.91 Å². The first-order valence-corrected chi connectivity index (χ1v) is 11.6. The van der Waals surface area contributed by atoms with Gasteiger partial charge in [0.1, 0.15) is 0 Å². The molecule has 0 aromatic heterocycles. The van der Waals surface area contributed by atoms with Gasteiger partial charge >= 0.3 is 0 Å². The van der Waals surface area contributed by atoms with Crippen LogP contribution in [0, 0.1) is 0 Å². The van der Waals surface area contributed by atoms with E-state index in [9.17, 15) is 10.0 Å². The second-order valence-corrected chi connectivity index (χ2v) is 9.12. The van der Waals surface area contributed by atoms with Gasteiger partial charge in [0.25, 0.3) is 5.91 Å². The number of carbonyl (C=O) groups excluding carboxylic acids is 1. The minimum atomic E-state index is -1.29. The fourth-order valence-corrected chi connectivity index (χ4v) is 4.83. The largest absolute Gasteiger partial charge is 0.305 e. The van der Waals surface area contributed by atoms with Crippen LogP contribution in [0.15, 0.2) is 114 Å². The van der Waals surface area contributed by atoms with Crippen LogP contribution in [0.2, 0.25) is 0 Å². The lowest BCUT2D eigenvalue weighted by Gasteiger charge is -2.37. The van der Waals surface area contributed by atoms with Gasteiger partial charge in [-0.3, -0.25) is 10.0 Å². The van der Waals surface area contributed by atoms with E-state index in [1.807, 2.05) is 109 Å². The molecule has 0 spiro atoms. The van der Waals surface area contributed by atoms with Crippen molar-refractivity contribution >= 4 is 33.2 Å². The number of hydrogen-bond donors (Lipinski definition) is 1. The summed E-state index contributed by atoms with van der Waals surface area (Å²) in [5, 5.41) is 12.8. The number of nitrogens with zero attached hydrogens (tertiary/aromatic N) is 2. The molecule has 1 atom stereocenters. The molecule has 33 heavy (non-hydrogen) atoms. The maximum atomic E-state index is 14.3. The number of amides is 1. The van der Waals surface area contributed by atoms with Crippen LogP contribution in [0.5, 0.6) is 0 Å². The van der Waals surface area contributed by atoms with Crippen LogP contribution < -0.4 is 9.96 Å². The van der Waals surface area contributed by atoms with Crippen molar-refractivity contribution in [2.45, 2.75) is 18.5 Å². The molecule has 0 unspecified atom stereocenters. The number of fused-ring (bicyclic) bond motifs is 1. The molecule has 1 heterocycles. The van der Waals surface area contributed by atoms with Crippen LogP contribution >= 0.6 is 15.9 Å². The van der Waals surface area contributed by atoms with E-state index in [2.05, 4.69) is 15.9 Å². The van der Waals surface area contributed by atoms with Gasteiger partial charge in [-0.05, 0) is 41.5 Å². The third-order valence-corrected chi connectivity index (χ3v) is 6.69. The van der Waals surface area contributed by atoms with E-state index in [0.717, 1.165) is 31.9 Å². The Labute approximate surface area is 201 Å². The molecule has 1 amide bonds. The molecule has 5 rings (SSSR count). The summed E-state index contributed by atoms with van der Waals surface area (Å²) in [6, 6.07) is 34.8. The monoisotopic (exact) mass is 498 g/mol. The lowest BCUT2D eigenvalue weighted by Crippen LogP contribution is -2.53. The van der Waals surface area contributed by atoms with Gasteiger partial charge in [-0.25, -0.2) is 5.06 Å². The zero-order valence-electron chi connectivity index (χ0n) is 17.9. The van der Waals surface area contributed by atoms with E-state index in [4.69, 9.17) is 0 Å². The number of carbonyl (C=O) groups is 1. The van der Waals surface area contributed by atoms with Gasteiger partial charge in [0.2, 0.25) is 0 Å². The topological polar surface area (TPSA) is 43.8 Å². The molecule has 0 fully saturated rings. The Morgan fingerprint density at radius 1 is 0.758 bits per heavy atom. The Bertz CT molecular complexity index is 1260. The van der Waals surface area contributed by atoms with Crippen molar-refractivity contribution in [1.82, 2.24) is 0 Å². The first kappa shape index (κ1) is 21.4. The maximum Gasteiger partial charge on any atom is 0.260 e. The van der Waals surface area contributed by atoms with Gasteiger partial charge < -0.3 is 4.90 Å². The minimum Gasteiger partial charge on any atom is -0.305 e. The van der Waals surface area contributed by atoms with Gasteiger partial charge in [-0.1, -0.05) is 94.8 Å². The second kappa shape index (κ2) is 8.85. The summed E-state index contributed by atoms with van der Waals surface area (Å²) in [6.45, 7) is 0.432. The molecular formula is C28H23BrN2O2. The smallest absolute Gasteiger partial charge is 0.260 e. The van der Waals surface area contributed by atoms with Gasteiger partial charge in [-0.15, -0.1) is 0 Å². The first-order chi connectivity index (χ1) is 16.1. The summed E-state index contributed by atoms with van der Waals surface area (Å²) < 4.78 is 0.966. The molecule has 1 N–H and O–H groups in total. The number of hydroxylamine groups is 1. The van der Waals surface area contributed by atoms with Crippen molar-refractivity contribution in [3.05, 3.63) is 130 Å². The zero-order chi connectivity index (χ0) is 22.8. The molecule has 4 aromatic carbocycles. The van der Waals surface area contributed by atoms with E-state index >= 15 is 0 Å². The highest BCUT2D eigenvalue weighted by Crippen LogP contribution is 2.47. The fraction of sp³-hybridized carbons (Fsp3) is 0.107. The van der Waals surface area contributed by atoms with E-state index in [1.54, 1.807) is 4.90 Å². The third kappa shape index (κ3) is 3.84. The Hall–Kier alpha value is -3.41. The average Bonchev–Trinajstić information content (AvgIpc) is 3.09. The van der Waals surface area contributed by atoms with Crippen LogP contribution in [0.25, 0.3) is 0 Å². The Balaban J connectivity index is 1.67. The van der Waals surface area contributed by atoms with Crippen molar-refractivity contribution in [2.75, 3.05) is 9.96 Å². The Morgan fingerprint density at radius 2 is 1.36 bits per heavy atom. The molecule has 0 saturated carbocycles. The normalized spacial score (nSPS) is 17.2. The summed E-state index contributed by atoms with van der Waals surface area (Å²) in [6.07, 6.45) is 0.326. The molecule has 1 aliphatic rings. The van der Waals surface area contributed by atoms with Crippen molar-refractivity contribution in [2.24, 2.45) is 0 Å². The van der Waals surface area contributed by atoms with Crippen molar-refractivity contribution in [1.29, 1.82) is 0 Å². The van der Waals surface area contributed by atoms with Gasteiger partial charge in [-0.2, -0.15) is 0 Å². The number of anilines is 2. The van der Waals surface area contributed by atoms with Gasteiger partial charge in [0.15, 0.2) is 5.54 Å².